The first kappa shape index (κ1) is 30.8. The molecule has 1 aliphatic carbocycles. The largest absolute Gasteiger partial charge is 0.392 e. The molecule has 4 aromatic heterocycles. The monoisotopic (exact) mass is 637 g/mol. The number of carbonyl (C=O) groups is 2. The van der Waals surface area contributed by atoms with Crippen molar-refractivity contribution < 1.29 is 19.4 Å². The quantitative estimate of drug-likeness (QED) is 0.327. The van der Waals surface area contributed by atoms with E-state index < -0.39 is 0 Å². The Morgan fingerprint density at radius 1 is 1.04 bits per heavy atom. The van der Waals surface area contributed by atoms with Crippen molar-refractivity contribution >= 4 is 29.1 Å². The number of carbonyl (C=O) groups excluding carboxylic acids is 2. The van der Waals surface area contributed by atoms with Gasteiger partial charge >= 0.3 is 0 Å². The molecule has 0 aromatic carbocycles. The summed E-state index contributed by atoms with van der Waals surface area (Å²) in [5, 5.41) is 13.7. The highest BCUT2D eigenvalue weighted by atomic mass is 16.5. The van der Waals surface area contributed by atoms with Gasteiger partial charge in [0.15, 0.2) is 0 Å². The molecule has 2 aliphatic heterocycles. The fraction of sp³-hybridized carbons (Fsp3) is 0.400. The maximum atomic E-state index is 13.8. The number of amides is 2. The van der Waals surface area contributed by atoms with Crippen LogP contribution in [0, 0.1) is 0 Å². The number of anilines is 3. The summed E-state index contributed by atoms with van der Waals surface area (Å²) in [5.74, 6) is 0.574. The number of fused-ring (bicyclic) bond motifs is 3. The summed E-state index contributed by atoms with van der Waals surface area (Å²) in [6.45, 7) is 5.67. The number of ether oxygens (including phenoxy) is 1. The van der Waals surface area contributed by atoms with Gasteiger partial charge in [0.05, 0.1) is 37.5 Å². The van der Waals surface area contributed by atoms with Gasteiger partial charge in [0.25, 0.3) is 17.4 Å². The molecule has 0 radical (unpaired) electrons. The van der Waals surface area contributed by atoms with Crippen LogP contribution < -0.4 is 15.8 Å². The number of hydrogen-bond donors (Lipinski definition) is 2. The predicted molar refractivity (Wildman–Crippen MR) is 177 cm³/mol. The molecular weight excluding hydrogens is 598 g/mol. The van der Waals surface area contributed by atoms with Crippen molar-refractivity contribution in [1.29, 1.82) is 0 Å². The van der Waals surface area contributed by atoms with E-state index in [-0.39, 0.29) is 41.8 Å². The average Bonchev–Trinajstić information content (AvgIpc) is 3.46. The lowest BCUT2D eigenvalue weighted by atomic mass is 9.98. The van der Waals surface area contributed by atoms with Gasteiger partial charge in [0.2, 0.25) is 0 Å². The van der Waals surface area contributed by atoms with Crippen molar-refractivity contribution in [2.24, 2.45) is 7.05 Å². The number of aliphatic hydroxyl groups is 1. The molecule has 2 N–H and O–H groups in total. The molecule has 1 saturated heterocycles. The summed E-state index contributed by atoms with van der Waals surface area (Å²) >= 11 is 0. The molecule has 47 heavy (non-hydrogen) atoms. The number of aryl methyl sites for hydroxylation is 2. The third kappa shape index (κ3) is 5.51. The highest BCUT2D eigenvalue weighted by Crippen LogP contribution is 2.34. The first-order valence-electron chi connectivity index (χ1n) is 16.2. The molecule has 4 aromatic rings. The molecule has 244 valence electrons. The second-order valence-electron chi connectivity index (χ2n) is 12.7. The van der Waals surface area contributed by atoms with Crippen LogP contribution in [0.3, 0.4) is 0 Å². The number of aliphatic hydroxyl groups excluding tert-OH is 1. The van der Waals surface area contributed by atoms with Crippen molar-refractivity contribution in [2.75, 3.05) is 30.0 Å². The molecule has 0 saturated carbocycles. The highest BCUT2D eigenvalue weighted by Gasteiger charge is 2.33. The van der Waals surface area contributed by atoms with Gasteiger partial charge in [0, 0.05) is 55.5 Å². The Morgan fingerprint density at radius 2 is 1.83 bits per heavy atom. The van der Waals surface area contributed by atoms with Gasteiger partial charge in [-0.1, -0.05) is 0 Å². The van der Waals surface area contributed by atoms with Gasteiger partial charge in [-0.15, -0.1) is 0 Å². The van der Waals surface area contributed by atoms with Crippen LogP contribution in [0.15, 0.2) is 53.7 Å². The minimum absolute atomic E-state index is 0.0443. The fourth-order valence-corrected chi connectivity index (χ4v) is 7.21. The van der Waals surface area contributed by atoms with Crippen molar-refractivity contribution in [3.8, 4) is 11.1 Å². The van der Waals surface area contributed by atoms with Crippen LogP contribution in [-0.4, -0.2) is 72.8 Å². The van der Waals surface area contributed by atoms with Crippen LogP contribution in [0.5, 0.6) is 0 Å². The lowest BCUT2D eigenvalue weighted by Gasteiger charge is -2.38. The normalized spacial score (nSPS) is 19.4. The molecule has 2 atom stereocenters. The lowest BCUT2D eigenvalue weighted by Crippen LogP contribution is -2.52. The Kier molecular flexibility index (Phi) is 8.15. The standard InChI is InChI=1S/C35H39N7O5/c1-21-19-47-20-22(2)42(21)33(44)24-8-9-31(37-16-24)38-28-14-25(17-39(3)34(28)45)26-10-11-36-32(27(26)18-43)41-13-12-40-29-7-5-4-6-23(29)15-30(40)35(41)46/h8-11,14-17,21-22,43H,4-7,12-13,18-20H2,1-3H3,(H,37,38)/t21-,22?/m0/s1. The fourth-order valence-electron chi connectivity index (χ4n) is 7.21. The summed E-state index contributed by atoms with van der Waals surface area (Å²) in [6.07, 6.45) is 9.09. The van der Waals surface area contributed by atoms with Crippen LogP contribution in [0.1, 0.15) is 64.4 Å². The molecule has 1 unspecified atom stereocenters. The summed E-state index contributed by atoms with van der Waals surface area (Å²) < 4.78 is 9.17. The smallest absolute Gasteiger partial charge is 0.276 e. The zero-order chi connectivity index (χ0) is 32.8. The average molecular weight is 638 g/mol. The van der Waals surface area contributed by atoms with E-state index in [2.05, 4.69) is 19.9 Å². The van der Waals surface area contributed by atoms with Crippen molar-refractivity contribution in [3.63, 3.8) is 0 Å². The maximum absolute atomic E-state index is 13.8. The molecule has 7 rings (SSSR count). The van der Waals surface area contributed by atoms with E-state index in [9.17, 15) is 19.5 Å². The summed E-state index contributed by atoms with van der Waals surface area (Å²) in [4.78, 5) is 52.7. The van der Waals surface area contributed by atoms with Gasteiger partial charge in [-0.3, -0.25) is 19.3 Å². The number of pyridine rings is 3. The molecular formula is C35H39N7O5. The summed E-state index contributed by atoms with van der Waals surface area (Å²) in [6, 6.07) is 8.79. The molecule has 0 spiro atoms. The molecule has 6 heterocycles. The van der Waals surface area contributed by atoms with Crippen LogP contribution in [0.4, 0.5) is 17.3 Å². The van der Waals surface area contributed by atoms with Crippen LogP contribution in [0.2, 0.25) is 0 Å². The lowest BCUT2D eigenvalue weighted by molar-refractivity contribution is -0.0249. The molecule has 12 nitrogen and oxygen atoms in total. The molecule has 2 amide bonds. The second kappa shape index (κ2) is 12.4. The zero-order valence-electron chi connectivity index (χ0n) is 26.9. The molecule has 1 fully saturated rings. The van der Waals surface area contributed by atoms with E-state index in [1.54, 1.807) is 48.6 Å². The number of rotatable bonds is 6. The Morgan fingerprint density at radius 3 is 2.57 bits per heavy atom. The third-order valence-corrected chi connectivity index (χ3v) is 9.54. The Labute approximate surface area is 272 Å². The van der Waals surface area contributed by atoms with Crippen molar-refractivity contribution in [2.45, 2.75) is 64.8 Å². The van der Waals surface area contributed by atoms with Crippen molar-refractivity contribution in [1.82, 2.24) is 24.0 Å². The number of nitrogens with one attached hydrogen (secondary N) is 1. The van der Waals surface area contributed by atoms with Gasteiger partial charge < -0.3 is 29.2 Å². The minimum atomic E-state index is -0.344. The van der Waals surface area contributed by atoms with Crippen LogP contribution in [0.25, 0.3) is 11.1 Å². The number of hydrogen-bond acceptors (Lipinski definition) is 8. The van der Waals surface area contributed by atoms with Crippen LogP contribution in [-0.2, 0) is 37.8 Å². The SMILES string of the molecule is CC1COC[C@H](C)N1C(=O)c1ccc(Nc2cc(-c3ccnc(N4CCn5c(cc6c5CCCC6)C4=O)c3CO)cn(C)c2=O)nc1. The van der Waals surface area contributed by atoms with E-state index >= 15 is 0 Å². The van der Waals surface area contributed by atoms with E-state index in [1.807, 2.05) is 24.8 Å². The van der Waals surface area contributed by atoms with Crippen molar-refractivity contribution in [3.05, 3.63) is 87.4 Å². The first-order chi connectivity index (χ1) is 22.7. The Hall–Kier alpha value is -4.81. The molecule has 0 bridgehead atoms. The first-order valence-corrected chi connectivity index (χ1v) is 16.2. The molecule has 3 aliphatic rings. The number of nitrogens with zero attached hydrogens (tertiary/aromatic N) is 6. The predicted octanol–water partition coefficient (Wildman–Crippen LogP) is 3.67. The van der Waals surface area contributed by atoms with E-state index in [0.717, 1.165) is 25.7 Å². The van der Waals surface area contributed by atoms with E-state index in [4.69, 9.17) is 4.74 Å². The van der Waals surface area contributed by atoms with E-state index in [0.29, 0.717) is 65.9 Å². The number of morpholine rings is 1. The highest BCUT2D eigenvalue weighted by molar-refractivity contribution is 6.06. The van der Waals surface area contributed by atoms with E-state index in [1.165, 1.54) is 22.0 Å². The maximum Gasteiger partial charge on any atom is 0.276 e. The van der Waals surface area contributed by atoms with Gasteiger partial charge in [-0.2, -0.15) is 0 Å². The topological polar surface area (TPSA) is 135 Å². The van der Waals surface area contributed by atoms with Gasteiger partial charge in [0.1, 0.15) is 23.0 Å². The summed E-state index contributed by atoms with van der Waals surface area (Å²) in [5.41, 5.74) is 5.46. The zero-order valence-corrected chi connectivity index (χ0v) is 26.9. The third-order valence-electron chi connectivity index (χ3n) is 9.54. The van der Waals surface area contributed by atoms with Crippen LogP contribution >= 0.6 is 0 Å². The Balaban J connectivity index is 1.17. The summed E-state index contributed by atoms with van der Waals surface area (Å²) in [7, 11) is 1.65. The number of aromatic nitrogens is 4. The van der Waals surface area contributed by atoms with Gasteiger partial charge in [-0.05, 0) is 81.0 Å². The Bertz CT molecular complexity index is 1900. The van der Waals surface area contributed by atoms with Gasteiger partial charge in [-0.25, -0.2) is 9.97 Å². The molecule has 12 heteroatoms. The second-order valence-corrected chi connectivity index (χ2v) is 12.7. The minimum Gasteiger partial charge on any atom is -0.392 e.